The molecule has 1 aliphatic rings. The Morgan fingerprint density at radius 1 is 1.31 bits per heavy atom. The number of H-pyrrole nitrogens is 1. The summed E-state index contributed by atoms with van der Waals surface area (Å²) in [6.45, 7) is 3.05. The highest BCUT2D eigenvalue weighted by Gasteiger charge is 2.19. The molecule has 3 heterocycles. The van der Waals surface area contributed by atoms with Gasteiger partial charge in [-0.15, -0.1) is 0 Å². The zero-order chi connectivity index (χ0) is 11.0. The molecule has 0 atom stereocenters. The smallest absolute Gasteiger partial charge is 0.163 e. The molecule has 16 heavy (non-hydrogen) atoms. The predicted molar refractivity (Wildman–Crippen MR) is 59.1 cm³/mol. The Hall–Kier alpha value is -1.89. The topological polar surface area (TPSA) is 93.0 Å². The maximum atomic E-state index is 5.84. The van der Waals surface area contributed by atoms with Gasteiger partial charge in [-0.2, -0.15) is 5.10 Å². The Bertz CT molecular complexity index is 504. The molecule has 3 N–H and O–H groups in total. The number of hydrogen-bond donors (Lipinski definition) is 2. The number of aromatic amines is 1. The first kappa shape index (κ1) is 9.34. The second-order valence-corrected chi connectivity index (χ2v) is 3.63. The molecular weight excluding hydrogens is 208 g/mol. The lowest BCUT2D eigenvalue weighted by molar-refractivity contribution is 0.122. The van der Waals surface area contributed by atoms with Crippen LogP contribution >= 0.6 is 0 Å². The largest absolute Gasteiger partial charge is 0.383 e. The summed E-state index contributed by atoms with van der Waals surface area (Å²) in [5, 5.41) is 7.90. The van der Waals surface area contributed by atoms with Crippen LogP contribution in [0.1, 0.15) is 0 Å². The van der Waals surface area contributed by atoms with Gasteiger partial charge in [0, 0.05) is 13.1 Å². The number of morpholine rings is 1. The number of fused-ring (bicyclic) bond motifs is 1. The molecule has 0 aromatic carbocycles. The average Bonchev–Trinajstić information content (AvgIpc) is 2.75. The maximum Gasteiger partial charge on any atom is 0.163 e. The van der Waals surface area contributed by atoms with Gasteiger partial charge in [-0.1, -0.05) is 0 Å². The van der Waals surface area contributed by atoms with Crippen molar-refractivity contribution in [3.05, 3.63) is 6.33 Å². The molecule has 1 saturated heterocycles. The van der Waals surface area contributed by atoms with Crippen LogP contribution in [0.25, 0.3) is 11.0 Å². The van der Waals surface area contributed by atoms with E-state index in [1.165, 1.54) is 6.33 Å². The quantitative estimate of drug-likeness (QED) is 0.689. The number of ether oxygens (including phenoxy) is 1. The van der Waals surface area contributed by atoms with E-state index in [0.29, 0.717) is 24.7 Å². The minimum absolute atomic E-state index is 0.459. The number of nitrogens with one attached hydrogen (secondary N) is 1. The van der Waals surface area contributed by atoms with Crippen LogP contribution in [-0.2, 0) is 4.74 Å². The molecule has 0 amide bonds. The molecule has 0 unspecified atom stereocenters. The van der Waals surface area contributed by atoms with Gasteiger partial charge in [0.25, 0.3) is 0 Å². The summed E-state index contributed by atoms with van der Waals surface area (Å²) in [5.74, 6) is 1.27. The molecular formula is C9H12N6O. The highest BCUT2D eigenvalue weighted by molar-refractivity contribution is 5.95. The fourth-order valence-electron chi connectivity index (χ4n) is 1.87. The van der Waals surface area contributed by atoms with Crippen molar-refractivity contribution in [2.75, 3.05) is 36.9 Å². The fraction of sp³-hybridized carbons (Fsp3) is 0.444. The van der Waals surface area contributed by atoms with E-state index < -0.39 is 0 Å². The van der Waals surface area contributed by atoms with Crippen molar-refractivity contribution in [2.24, 2.45) is 0 Å². The highest BCUT2D eigenvalue weighted by Crippen LogP contribution is 2.26. The van der Waals surface area contributed by atoms with Crippen LogP contribution in [0, 0.1) is 0 Å². The Morgan fingerprint density at radius 2 is 2.12 bits per heavy atom. The normalized spacial score (nSPS) is 16.9. The van der Waals surface area contributed by atoms with Crippen LogP contribution in [0.15, 0.2) is 6.33 Å². The van der Waals surface area contributed by atoms with Crippen molar-refractivity contribution < 1.29 is 4.74 Å². The van der Waals surface area contributed by atoms with E-state index in [9.17, 15) is 0 Å². The van der Waals surface area contributed by atoms with E-state index in [0.717, 1.165) is 24.3 Å². The van der Waals surface area contributed by atoms with Crippen LogP contribution in [0.3, 0.4) is 0 Å². The number of aromatic nitrogens is 4. The molecule has 0 spiro atoms. The third kappa shape index (κ3) is 1.36. The maximum absolute atomic E-state index is 5.84. The molecule has 2 aromatic heterocycles. The first-order valence-corrected chi connectivity index (χ1v) is 5.13. The summed E-state index contributed by atoms with van der Waals surface area (Å²) < 4.78 is 5.30. The van der Waals surface area contributed by atoms with E-state index in [1.54, 1.807) is 0 Å². The molecule has 84 valence electrons. The summed E-state index contributed by atoms with van der Waals surface area (Å²) in [6.07, 6.45) is 1.43. The molecule has 7 nitrogen and oxygen atoms in total. The lowest BCUT2D eigenvalue weighted by Gasteiger charge is -2.26. The van der Waals surface area contributed by atoms with Gasteiger partial charge in [0.05, 0.1) is 13.2 Å². The third-order valence-corrected chi connectivity index (χ3v) is 2.68. The number of anilines is 2. The van der Waals surface area contributed by atoms with Gasteiger partial charge in [-0.3, -0.25) is 5.10 Å². The number of rotatable bonds is 1. The van der Waals surface area contributed by atoms with Gasteiger partial charge >= 0.3 is 0 Å². The van der Waals surface area contributed by atoms with Gasteiger partial charge < -0.3 is 15.4 Å². The van der Waals surface area contributed by atoms with E-state index >= 15 is 0 Å². The monoisotopic (exact) mass is 220 g/mol. The molecule has 0 bridgehead atoms. The Kier molecular flexibility index (Phi) is 2.10. The standard InChI is InChI=1S/C9H12N6O/c10-7-6-8(12-5-11-7)13-14-9(6)15-1-3-16-4-2-15/h5H,1-4H2,(H3,10,11,12,13,14). The Balaban J connectivity index is 2.09. The fourth-order valence-corrected chi connectivity index (χ4v) is 1.87. The Morgan fingerprint density at radius 3 is 2.94 bits per heavy atom. The van der Waals surface area contributed by atoms with Crippen molar-refractivity contribution in [3.8, 4) is 0 Å². The van der Waals surface area contributed by atoms with Gasteiger partial charge in [0.1, 0.15) is 17.5 Å². The lowest BCUT2D eigenvalue weighted by atomic mass is 10.3. The molecule has 7 heteroatoms. The summed E-state index contributed by atoms with van der Waals surface area (Å²) in [4.78, 5) is 10.2. The zero-order valence-corrected chi connectivity index (χ0v) is 8.68. The van der Waals surface area contributed by atoms with Gasteiger partial charge in [0.2, 0.25) is 0 Å². The van der Waals surface area contributed by atoms with Crippen LogP contribution in [-0.4, -0.2) is 46.5 Å². The summed E-state index contributed by atoms with van der Waals surface area (Å²) in [7, 11) is 0. The SMILES string of the molecule is Nc1ncnc2[nH]nc(N3CCOCC3)c12. The number of nitrogen functional groups attached to an aromatic ring is 1. The third-order valence-electron chi connectivity index (χ3n) is 2.68. The van der Waals surface area contributed by atoms with Crippen LogP contribution < -0.4 is 10.6 Å². The van der Waals surface area contributed by atoms with E-state index in [1.807, 2.05) is 0 Å². The second kappa shape index (κ2) is 3.60. The Labute approximate surface area is 91.6 Å². The minimum atomic E-state index is 0.459. The predicted octanol–water partition coefficient (Wildman–Crippen LogP) is -0.228. The second-order valence-electron chi connectivity index (χ2n) is 3.63. The minimum Gasteiger partial charge on any atom is -0.383 e. The van der Waals surface area contributed by atoms with Crippen molar-refractivity contribution >= 4 is 22.7 Å². The zero-order valence-electron chi connectivity index (χ0n) is 8.68. The number of hydrogen-bond acceptors (Lipinski definition) is 6. The average molecular weight is 220 g/mol. The molecule has 0 aliphatic carbocycles. The molecule has 2 aromatic rings. The van der Waals surface area contributed by atoms with E-state index in [-0.39, 0.29) is 0 Å². The molecule has 0 radical (unpaired) electrons. The molecule has 3 rings (SSSR count). The van der Waals surface area contributed by atoms with Crippen molar-refractivity contribution in [2.45, 2.75) is 0 Å². The van der Waals surface area contributed by atoms with Crippen molar-refractivity contribution in [1.82, 2.24) is 20.2 Å². The summed E-state index contributed by atoms with van der Waals surface area (Å²) >= 11 is 0. The molecule has 1 fully saturated rings. The van der Waals surface area contributed by atoms with Crippen molar-refractivity contribution in [1.29, 1.82) is 0 Å². The first-order chi connectivity index (χ1) is 7.86. The van der Waals surface area contributed by atoms with Gasteiger partial charge in [-0.25, -0.2) is 9.97 Å². The first-order valence-electron chi connectivity index (χ1n) is 5.13. The van der Waals surface area contributed by atoms with Crippen LogP contribution in [0.5, 0.6) is 0 Å². The van der Waals surface area contributed by atoms with E-state index in [4.69, 9.17) is 10.5 Å². The summed E-state index contributed by atoms with van der Waals surface area (Å²) in [5.41, 5.74) is 6.51. The lowest BCUT2D eigenvalue weighted by Crippen LogP contribution is -2.36. The molecule has 1 aliphatic heterocycles. The number of nitrogens with two attached hydrogens (primary N) is 1. The van der Waals surface area contributed by atoms with Gasteiger partial charge in [0.15, 0.2) is 11.5 Å². The van der Waals surface area contributed by atoms with Crippen LogP contribution in [0.2, 0.25) is 0 Å². The van der Waals surface area contributed by atoms with Crippen molar-refractivity contribution in [3.63, 3.8) is 0 Å². The summed E-state index contributed by atoms with van der Waals surface area (Å²) in [6, 6.07) is 0. The van der Waals surface area contributed by atoms with Crippen LogP contribution in [0.4, 0.5) is 11.6 Å². The van der Waals surface area contributed by atoms with E-state index in [2.05, 4.69) is 25.1 Å². The van der Waals surface area contributed by atoms with Gasteiger partial charge in [-0.05, 0) is 0 Å². The number of nitrogens with zero attached hydrogens (tertiary/aromatic N) is 4. The highest BCUT2D eigenvalue weighted by atomic mass is 16.5. The molecule has 0 saturated carbocycles.